The normalized spacial score (nSPS) is 11.9. The van der Waals surface area contributed by atoms with Crippen LogP contribution in [0.2, 0.25) is 0 Å². The van der Waals surface area contributed by atoms with E-state index in [0.717, 1.165) is 49.8 Å². The first-order valence-corrected chi connectivity index (χ1v) is 19.5. The maximum atomic E-state index is 6.84. The Hall–Kier alpha value is -7.62. The molecular weight excluding hydrogens is 693 g/mol. The highest BCUT2D eigenvalue weighted by molar-refractivity contribution is 6.17. The van der Waals surface area contributed by atoms with Gasteiger partial charge in [0.1, 0.15) is 5.58 Å². The molecule has 0 radical (unpaired) electrons. The van der Waals surface area contributed by atoms with Crippen LogP contribution in [0.5, 0.6) is 0 Å². The zero-order valence-electron chi connectivity index (χ0n) is 30.9. The quantitative estimate of drug-likeness (QED) is 0.173. The van der Waals surface area contributed by atoms with Gasteiger partial charge in [-0.2, -0.15) is 0 Å². The van der Waals surface area contributed by atoms with Crippen molar-refractivity contribution in [1.29, 1.82) is 0 Å². The molecule has 0 aliphatic heterocycles. The van der Waals surface area contributed by atoms with Crippen LogP contribution in [-0.2, 0) is 0 Å². The molecule has 266 valence electrons. The number of aromatic nitrogens is 2. The van der Waals surface area contributed by atoms with Gasteiger partial charge in [0.05, 0.1) is 27.8 Å². The summed E-state index contributed by atoms with van der Waals surface area (Å²) in [7, 11) is 0. The van der Waals surface area contributed by atoms with Gasteiger partial charge in [0.2, 0.25) is 0 Å². The number of hydrogen-bond acceptors (Lipinski definition) is 1. The van der Waals surface area contributed by atoms with Crippen LogP contribution in [0, 0.1) is 0 Å². The van der Waals surface area contributed by atoms with Crippen molar-refractivity contribution in [3.05, 3.63) is 206 Å². The monoisotopic (exact) mass is 726 g/mol. The number of hydrogen-bond donors (Lipinski definition) is 0. The molecule has 0 N–H and O–H groups in total. The van der Waals surface area contributed by atoms with Crippen molar-refractivity contribution in [2.75, 3.05) is 0 Å². The van der Waals surface area contributed by atoms with E-state index in [2.05, 4.69) is 215 Å². The maximum Gasteiger partial charge on any atom is 0.160 e. The van der Waals surface area contributed by atoms with Gasteiger partial charge < -0.3 is 13.6 Å². The van der Waals surface area contributed by atoms with Gasteiger partial charge in [-0.1, -0.05) is 146 Å². The number of benzene rings is 9. The predicted molar refractivity (Wildman–Crippen MR) is 239 cm³/mol. The molecule has 3 aromatic heterocycles. The third-order valence-electron chi connectivity index (χ3n) is 11.7. The van der Waals surface area contributed by atoms with E-state index in [9.17, 15) is 0 Å². The van der Waals surface area contributed by atoms with Crippen molar-refractivity contribution in [2.24, 2.45) is 0 Å². The van der Waals surface area contributed by atoms with Gasteiger partial charge in [-0.05, 0) is 94.0 Å². The van der Waals surface area contributed by atoms with Crippen molar-refractivity contribution in [2.45, 2.75) is 0 Å². The Bertz CT molecular complexity index is 3490. The van der Waals surface area contributed by atoms with Crippen LogP contribution in [0.3, 0.4) is 0 Å². The van der Waals surface area contributed by atoms with E-state index in [1.165, 1.54) is 60.5 Å². The average molecular weight is 727 g/mol. The summed E-state index contributed by atoms with van der Waals surface area (Å²) in [5.41, 5.74) is 15.8. The summed E-state index contributed by atoms with van der Waals surface area (Å²) < 4.78 is 11.6. The number of nitrogens with zero attached hydrogens (tertiary/aromatic N) is 2. The Balaban J connectivity index is 1.04. The van der Waals surface area contributed by atoms with Crippen molar-refractivity contribution in [1.82, 2.24) is 9.13 Å². The Morgan fingerprint density at radius 1 is 0.316 bits per heavy atom. The minimum atomic E-state index is 0.882. The first-order valence-electron chi connectivity index (χ1n) is 19.5. The second-order valence-corrected chi connectivity index (χ2v) is 14.9. The van der Waals surface area contributed by atoms with Crippen LogP contribution in [-0.4, -0.2) is 9.13 Å². The standard InChI is InChI=1S/C54H34N2O/c1-3-13-35(14-4-1)36-23-25-37(26-24-36)41-29-32-51(54-53(41)44-19-9-12-22-52(44)57-54)56-48-21-11-8-18-43(48)46-34-39(28-31-50(46)56)38-27-30-49-45(33-38)42-17-7-10-20-47(42)55(49)40-15-5-2-6-16-40/h1-34H. The van der Waals surface area contributed by atoms with Crippen LogP contribution >= 0.6 is 0 Å². The summed E-state index contributed by atoms with van der Waals surface area (Å²) in [4.78, 5) is 0. The van der Waals surface area contributed by atoms with E-state index >= 15 is 0 Å². The van der Waals surface area contributed by atoms with E-state index in [1.54, 1.807) is 0 Å². The van der Waals surface area contributed by atoms with Crippen molar-refractivity contribution < 1.29 is 4.42 Å². The van der Waals surface area contributed by atoms with Gasteiger partial charge in [-0.15, -0.1) is 0 Å². The molecule has 12 aromatic rings. The third-order valence-corrected chi connectivity index (χ3v) is 11.7. The summed E-state index contributed by atoms with van der Waals surface area (Å²) in [6.07, 6.45) is 0. The van der Waals surface area contributed by atoms with Crippen LogP contribution in [0.1, 0.15) is 0 Å². The fourth-order valence-electron chi connectivity index (χ4n) is 9.12. The first kappa shape index (κ1) is 31.7. The van der Waals surface area contributed by atoms with Gasteiger partial charge in [0.25, 0.3) is 0 Å². The lowest BCUT2D eigenvalue weighted by Gasteiger charge is -2.12. The molecular formula is C54H34N2O. The second-order valence-electron chi connectivity index (χ2n) is 14.9. The average Bonchev–Trinajstić information content (AvgIpc) is 3.95. The molecule has 0 bridgehead atoms. The van der Waals surface area contributed by atoms with Gasteiger partial charge in [0.15, 0.2) is 5.58 Å². The molecule has 0 spiro atoms. The molecule has 0 saturated carbocycles. The van der Waals surface area contributed by atoms with Gasteiger partial charge in [-0.25, -0.2) is 0 Å². The summed E-state index contributed by atoms with van der Waals surface area (Å²) >= 11 is 0. The van der Waals surface area contributed by atoms with Crippen molar-refractivity contribution in [3.8, 4) is 44.8 Å². The van der Waals surface area contributed by atoms with Crippen molar-refractivity contribution in [3.63, 3.8) is 0 Å². The van der Waals surface area contributed by atoms with E-state index in [1.807, 2.05) is 0 Å². The molecule has 0 aliphatic rings. The summed E-state index contributed by atoms with van der Waals surface area (Å²) in [5, 5.41) is 7.16. The largest absolute Gasteiger partial charge is 0.454 e. The summed E-state index contributed by atoms with van der Waals surface area (Å²) in [6, 6.07) is 74.3. The van der Waals surface area contributed by atoms with E-state index in [-0.39, 0.29) is 0 Å². The van der Waals surface area contributed by atoms with E-state index in [0.29, 0.717) is 0 Å². The maximum absolute atomic E-state index is 6.84. The SMILES string of the molecule is c1ccc(-c2ccc(-c3ccc(-n4c5ccccc5c5cc(-c6ccc7c(c6)c6ccccc6n7-c6ccccc6)ccc54)c4oc5ccccc5c34)cc2)cc1. The number of para-hydroxylation sites is 4. The molecule has 0 atom stereocenters. The fraction of sp³-hybridized carbons (Fsp3) is 0. The highest BCUT2D eigenvalue weighted by Gasteiger charge is 2.21. The zero-order chi connectivity index (χ0) is 37.5. The zero-order valence-corrected chi connectivity index (χ0v) is 30.9. The minimum Gasteiger partial charge on any atom is -0.454 e. The predicted octanol–water partition coefficient (Wildman–Crippen LogP) is 14.8. The van der Waals surface area contributed by atoms with E-state index < -0.39 is 0 Å². The molecule has 0 saturated heterocycles. The molecule has 3 heterocycles. The van der Waals surface area contributed by atoms with Gasteiger partial charge >= 0.3 is 0 Å². The molecule has 57 heavy (non-hydrogen) atoms. The minimum absolute atomic E-state index is 0.882. The summed E-state index contributed by atoms with van der Waals surface area (Å²) in [5.74, 6) is 0. The van der Waals surface area contributed by atoms with Crippen LogP contribution < -0.4 is 0 Å². The highest BCUT2D eigenvalue weighted by atomic mass is 16.3. The number of fused-ring (bicyclic) bond motifs is 9. The third kappa shape index (κ3) is 4.86. The molecule has 12 rings (SSSR count). The van der Waals surface area contributed by atoms with Crippen molar-refractivity contribution >= 4 is 65.6 Å². The molecule has 0 unspecified atom stereocenters. The van der Waals surface area contributed by atoms with Gasteiger partial charge in [0, 0.05) is 38.0 Å². The fourth-order valence-corrected chi connectivity index (χ4v) is 9.12. The highest BCUT2D eigenvalue weighted by Crippen LogP contribution is 2.44. The second kappa shape index (κ2) is 12.5. The van der Waals surface area contributed by atoms with Crippen LogP contribution in [0.15, 0.2) is 211 Å². The van der Waals surface area contributed by atoms with E-state index in [4.69, 9.17) is 4.42 Å². The Morgan fingerprint density at radius 2 is 0.807 bits per heavy atom. The number of rotatable bonds is 5. The lowest BCUT2D eigenvalue weighted by atomic mass is 9.96. The Kier molecular flexibility index (Phi) is 6.93. The molecule has 9 aromatic carbocycles. The Morgan fingerprint density at radius 3 is 1.49 bits per heavy atom. The topological polar surface area (TPSA) is 23.0 Å². The van der Waals surface area contributed by atoms with Crippen LogP contribution in [0.25, 0.3) is 110 Å². The lowest BCUT2D eigenvalue weighted by Crippen LogP contribution is -1.95. The van der Waals surface area contributed by atoms with Crippen LogP contribution in [0.4, 0.5) is 0 Å². The molecule has 3 nitrogen and oxygen atoms in total. The lowest BCUT2D eigenvalue weighted by molar-refractivity contribution is 0.666. The molecule has 0 fully saturated rings. The smallest absolute Gasteiger partial charge is 0.160 e. The molecule has 0 aliphatic carbocycles. The molecule has 0 amide bonds. The number of furan rings is 1. The summed E-state index contributed by atoms with van der Waals surface area (Å²) in [6.45, 7) is 0. The first-order chi connectivity index (χ1) is 28.3. The Labute approximate surface area is 328 Å². The van der Waals surface area contributed by atoms with Gasteiger partial charge in [-0.3, -0.25) is 0 Å². The molecule has 3 heteroatoms.